The first-order valence-corrected chi connectivity index (χ1v) is 14.2. The van der Waals surface area contributed by atoms with E-state index in [0.717, 1.165) is 36.1 Å². The maximum Gasteiger partial charge on any atom is 0.342 e. The number of hydrogen-bond donors (Lipinski definition) is 3. The summed E-state index contributed by atoms with van der Waals surface area (Å²) in [6.45, 7) is 3.41. The van der Waals surface area contributed by atoms with Crippen LogP contribution in [0, 0.1) is 5.92 Å². The number of nitrogens with two attached hydrogens (primary N) is 1. The predicted molar refractivity (Wildman–Crippen MR) is 156 cm³/mol. The van der Waals surface area contributed by atoms with Crippen molar-refractivity contribution < 1.29 is 28.6 Å². The summed E-state index contributed by atoms with van der Waals surface area (Å²) in [5.74, 6) is -1.35. The molecule has 224 valence electrons. The molecule has 41 heavy (non-hydrogen) atoms. The van der Waals surface area contributed by atoms with E-state index in [2.05, 4.69) is 10.6 Å². The Balaban J connectivity index is 1.79. The summed E-state index contributed by atoms with van der Waals surface area (Å²) in [7, 11) is 2.86. The maximum atomic E-state index is 13.6. The van der Waals surface area contributed by atoms with Gasteiger partial charge in [-0.1, -0.05) is 49.4 Å². The molecule has 1 aliphatic heterocycles. The van der Waals surface area contributed by atoms with E-state index in [0.29, 0.717) is 26.1 Å². The Kier molecular flexibility index (Phi) is 12.6. The zero-order valence-corrected chi connectivity index (χ0v) is 24.4. The standard InChI is InChI=1S/C31H44N4O6/c1-23(25-12-6-4-7-13-25)17-26(19-28(36)35-15-8-5-9-16-35)31(32,34-21-29(37)40-3)30(38)41-22-33-20-24-11-10-14-27(18-24)39-2/h4,6-7,10-14,18,23,26,33-34H,5,8-9,15-17,19-22,32H2,1-3H3/t23-,26?,31?/m0/s1. The Morgan fingerprint density at radius 1 is 1.02 bits per heavy atom. The predicted octanol–water partition coefficient (Wildman–Crippen LogP) is 2.92. The van der Waals surface area contributed by atoms with Crippen molar-refractivity contribution in [3.8, 4) is 5.75 Å². The molecule has 10 nitrogen and oxygen atoms in total. The number of rotatable bonds is 15. The van der Waals surface area contributed by atoms with E-state index in [1.165, 1.54) is 7.11 Å². The van der Waals surface area contributed by atoms with Crippen molar-refractivity contribution in [1.29, 1.82) is 0 Å². The van der Waals surface area contributed by atoms with E-state index in [-0.39, 0.29) is 31.5 Å². The molecule has 4 N–H and O–H groups in total. The lowest BCUT2D eigenvalue weighted by molar-refractivity contribution is -0.157. The Morgan fingerprint density at radius 2 is 1.76 bits per heavy atom. The number of methoxy groups -OCH3 is 2. The molecule has 2 aromatic carbocycles. The highest BCUT2D eigenvalue weighted by atomic mass is 16.5. The van der Waals surface area contributed by atoms with Gasteiger partial charge in [0.1, 0.15) is 12.5 Å². The molecule has 10 heteroatoms. The highest BCUT2D eigenvalue weighted by Crippen LogP contribution is 2.32. The fraction of sp³-hybridized carbons (Fsp3) is 0.516. The average molecular weight is 569 g/mol. The molecule has 0 radical (unpaired) electrons. The van der Waals surface area contributed by atoms with Crippen molar-refractivity contribution in [3.63, 3.8) is 0 Å². The molecule has 0 aliphatic carbocycles. The van der Waals surface area contributed by atoms with E-state index in [1.807, 2.05) is 66.4 Å². The Morgan fingerprint density at radius 3 is 2.44 bits per heavy atom. The van der Waals surface area contributed by atoms with Gasteiger partial charge in [0.05, 0.1) is 20.8 Å². The number of carbonyl (C=O) groups excluding carboxylic acids is 3. The molecule has 1 fully saturated rings. The minimum Gasteiger partial charge on any atom is -0.497 e. The van der Waals surface area contributed by atoms with E-state index in [9.17, 15) is 14.4 Å². The van der Waals surface area contributed by atoms with Crippen LogP contribution in [0.1, 0.15) is 56.1 Å². The van der Waals surface area contributed by atoms with Crippen LogP contribution in [0.25, 0.3) is 0 Å². The van der Waals surface area contributed by atoms with E-state index < -0.39 is 23.5 Å². The number of esters is 2. The lowest BCUT2D eigenvalue weighted by Gasteiger charge is -2.38. The number of piperidine rings is 1. The molecule has 0 spiro atoms. The maximum absolute atomic E-state index is 13.6. The van der Waals surface area contributed by atoms with E-state index in [1.54, 1.807) is 7.11 Å². The lowest BCUT2D eigenvalue weighted by atomic mass is 9.80. The number of amides is 1. The molecule has 1 aliphatic rings. The molecule has 0 bridgehead atoms. The van der Waals surface area contributed by atoms with Crippen LogP contribution in [0.3, 0.4) is 0 Å². The van der Waals surface area contributed by atoms with Crippen LogP contribution in [0.5, 0.6) is 5.75 Å². The van der Waals surface area contributed by atoms with Crippen LogP contribution in [-0.4, -0.2) is 69.0 Å². The molecule has 3 atom stereocenters. The summed E-state index contributed by atoms with van der Waals surface area (Å²) >= 11 is 0. The minimum absolute atomic E-state index is 0.0165. The second-order valence-corrected chi connectivity index (χ2v) is 10.5. The van der Waals surface area contributed by atoms with Crippen LogP contribution in [-0.2, 0) is 30.4 Å². The number of hydrogen-bond acceptors (Lipinski definition) is 9. The molecule has 1 saturated heterocycles. The second kappa shape index (κ2) is 16.1. The van der Waals surface area contributed by atoms with Gasteiger partial charge in [-0.15, -0.1) is 0 Å². The minimum atomic E-state index is -1.82. The third-order valence-corrected chi connectivity index (χ3v) is 7.64. The van der Waals surface area contributed by atoms with Gasteiger partial charge in [-0.2, -0.15) is 0 Å². The third-order valence-electron chi connectivity index (χ3n) is 7.64. The van der Waals surface area contributed by atoms with Crippen LogP contribution in [0.2, 0.25) is 0 Å². The normalized spacial score (nSPS) is 16.2. The highest BCUT2D eigenvalue weighted by molar-refractivity contribution is 5.84. The summed E-state index contributed by atoms with van der Waals surface area (Å²) in [5, 5.41) is 5.98. The highest BCUT2D eigenvalue weighted by Gasteiger charge is 2.46. The van der Waals surface area contributed by atoms with Crippen molar-refractivity contribution in [1.82, 2.24) is 15.5 Å². The molecular formula is C31H44N4O6. The van der Waals surface area contributed by atoms with Crippen molar-refractivity contribution in [3.05, 3.63) is 65.7 Å². The molecule has 2 unspecified atom stereocenters. The van der Waals surface area contributed by atoms with Crippen LogP contribution in [0.4, 0.5) is 0 Å². The first-order valence-electron chi connectivity index (χ1n) is 14.2. The second-order valence-electron chi connectivity index (χ2n) is 10.5. The van der Waals surface area contributed by atoms with E-state index in [4.69, 9.17) is 19.9 Å². The van der Waals surface area contributed by atoms with Gasteiger partial charge >= 0.3 is 11.9 Å². The monoisotopic (exact) mass is 568 g/mol. The molecular weight excluding hydrogens is 524 g/mol. The number of benzene rings is 2. The Labute approximate surface area is 242 Å². The Bertz CT molecular complexity index is 1120. The first-order chi connectivity index (χ1) is 19.8. The van der Waals surface area contributed by atoms with Crippen LogP contribution in [0.15, 0.2) is 54.6 Å². The fourth-order valence-corrected chi connectivity index (χ4v) is 5.15. The zero-order valence-electron chi connectivity index (χ0n) is 24.4. The average Bonchev–Trinajstić information content (AvgIpc) is 3.02. The molecule has 0 saturated carbocycles. The van der Waals surface area contributed by atoms with Gasteiger partial charge in [-0.25, -0.2) is 4.79 Å². The SMILES string of the molecule is COC(=O)CNC(N)(C(=O)OCNCc1cccc(OC)c1)C(CC(=O)N1CCCCC1)C[C@H](C)c1ccccc1. The smallest absolute Gasteiger partial charge is 0.342 e. The van der Waals surface area contributed by atoms with Gasteiger partial charge in [0.2, 0.25) is 5.91 Å². The summed E-state index contributed by atoms with van der Waals surface area (Å²) in [5.41, 5.74) is 7.01. The Hall–Kier alpha value is -3.47. The van der Waals surface area contributed by atoms with Gasteiger partial charge in [-0.05, 0) is 54.9 Å². The largest absolute Gasteiger partial charge is 0.497 e. The van der Waals surface area contributed by atoms with Crippen molar-refractivity contribution in [2.24, 2.45) is 11.7 Å². The van der Waals surface area contributed by atoms with Crippen molar-refractivity contribution in [2.75, 3.05) is 40.6 Å². The lowest BCUT2D eigenvalue weighted by Crippen LogP contribution is -2.67. The fourth-order valence-electron chi connectivity index (χ4n) is 5.15. The molecule has 1 heterocycles. The van der Waals surface area contributed by atoms with Gasteiger partial charge < -0.3 is 24.8 Å². The number of nitrogens with zero attached hydrogens (tertiary/aromatic N) is 1. The van der Waals surface area contributed by atoms with Gasteiger partial charge in [0, 0.05) is 32.0 Å². The molecule has 1 amide bonds. The summed E-state index contributed by atoms with van der Waals surface area (Å²) in [6.07, 6.45) is 3.45. The van der Waals surface area contributed by atoms with Gasteiger partial charge in [0.15, 0.2) is 5.66 Å². The van der Waals surface area contributed by atoms with Crippen molar-refractivity contribution in [2.45, 2.75) is 57.2 Å². The molecule has 3 rings (SSSR count). The third kappa shape index (κ3) is 9.55. The topological polar surface area (TPSA) is 132 Å². The van der Waals surface area contributed by atoms with Gasteiger partial charge in [-0.3, -0.25) is 20.2 Å². The quantitative estimate of drug-likeness (QED) is 0.169. The first kappa shape index (κ1) is 32.0. The summed E-state index contributed by atoms with van der Waals surface area (Å²) < 4.78 is 15.7. The number of carbonyl (C=O) groups is 3. The number of nitrogens with one attached hydrogen (secondary N) is 2. The summed E-state index contributed by atoms with van der Waals surface area (Å²) in [4.78, 5) is 41.0. The van der Waals surface area contributed by atoms with Crippen LogP contribution < -0.4 is 21.1 Å². The van der Waals surface area contributed by atoms with Crippen LogP contribution >= 0.6 is 0 Å². The molecule has 2 aromatic rings. The molecule has 0 aromatic heterocycles. The number of likely N-dealkylation sites (tertiary alicyclic amines) is 1. The van der Waals surface area contributed by atoms with E-state index >= 15 is 0 Å². The summed E-state index contributed by atoms with van der Waals surface area (Å²) in [6, 6.07) is 17.4. The zero-order chi connectivity index (χ0) is 29.7. The van der Waals surface area contributed by atoms with Crippen molar-refractivity contribution >= 4 is 17.8 Å². The number of ether oxygens (including phenoxy) is 3. The van der Waals surface area contributed by atoms with Gasteiger partial charge in [0.25, 0.3) is 0 Å².